The van der Waals surface area contributed by atoms with Gasteiger partial charge >= 0.3 is 0 Å². The van der Waals surface area contributed by atoms with E-state index in [0.29, 0.717) is 12.2 Å². The van der Waals surface area contributed by atoms with E-state index in [1.165, 1.54) is 30.0 Å². The normalized spacial score (nSPS) is 20.1. The van der Waals surface area contributed by atoms with E-state index in [9.17, 15) is 9.59 Å². The molecule has 3 aromatic rings. The lowest BCUT2D eigenvalue weighted by Gasteiger charge is -2.43. The minimum atomic E-state index is -0.180. The molecule has 5 heterocycles. The van der Waals surface area contributed by atoms with E-state index in [-0.39, 0.29) is 11.5 Å². The van der Waals surface area contributed by atoms with Crippen LogP contribution in [0, 0.1) is 0 Å². The number of aromatic nitrogens is 4. The molecule has 3 aliphatic rings. The molecular weight excluding hydrogens is 418 g/mol. The molecule has 2 aliphatic heterocycles. The molecule has 9 heteroatoms. The maximum absolute atomic E-state index is 13.0. The summed E-state index contributed by atoms with van der Waals surface area (Å²) >= 11 is 0. The van der Waals surface area contributed by atoms with Gasteiger partial charge in [-0.15, -0.1) is 0 Å². The number of carbonyl (C=O) groups excluding carboxylic acids is 1. The summed E-state index contributed by atoms with van der Waals surface area (Å²) in [5, 5.41) is 5.14. The first kappa shape index (κ1) is 20.6. The average Bonchev–Trinajstić information content (AvgIpc) is 3.15. The Balaban J connectivity index is 1.13. The second-order valence-electron chi connectivity index (χ2n) is 9.38. The number of amides is 1. The van der Waals surface area contributed by atoms with Crippen molar-refractivity contribution in [2.75, 3.05) is 39.3 Å². The fourth-order valence-electron chi connectivity index (χ4n) is 5.30. The Morgan fingerprint density at radius 3 is 2.67 bits per heavy atom. The predicted octanol–water partition coefficient (Wildman–Crippen LogP) is 1.09. The number of fused-ring (bicyclic) bond motifs is 3. The zero-order chi connectivity index (χ0) is 22.4. The molecule has 0 unspecified atom stereocenters. The number of carbonyl (C=O) groups is 1. The van der Waals surface area contributed by atoms with Gasteiger partial charge in [0.05, 0.1) is 18.4 Å². The molecule has 3 aromatic heterocycles. The van der Waals surface area contributed by atoms with E-state index in [0.717, 1.165) is 68.6 Å². The van der Waals surface area contributed by atoms with Gasteiger partial charge in [-0.2, -0.15) is 9.78 Å². The first-order chi connectivity index (χ1) is 16.2. The molecule has 6 rings (SSSR count). The van der Waals surface area contributed by atoms with Crippen LogP contribution in [0.5, 0.6) is 0 Å². The lowest BCUT2D eigenvalue weighted by atomic mass is 9.91. The van der Waals surface area contributed by atoms with Gasteiger partial charge in [0.1, 0.15) is 5.65 Å². The van der Waals surface area contributed by atoms with Gasteiger partial charge in [0.25, 0.3) is 5.56 Å². The summed E-state index contributed by atoms with van der Waals surface area (Å²) in [7, 11) is 0. The molecule has 0 atom stereocenters. The highest BCUT2D eigenvalue weighted by Crippen LogP contribution is 2.26. The smallest absolute Gasteiger partial charge is 0.271 e. The molecule has 2 fully saturated rings. The van der Waals surface area contributed by atoms with Crippen LogP contribution in [0.25, 0.3) is 16.7 Å². The second-order valence-corrected chi connectivity index (χ2v) is 9.38. The molecule has 0 bridgehead atoms. The van der Waals surface area contributed by atoms with E-state index >= 15 is 0 Å². The third kappa shape index (κ3) is 3.85. The van der Waals surface area contributed by atoms with Crippen LogP contribution in [0.3, 0.4) is 0 Å². The summed E-state index contributed by atoms with van der Waals surface area (Å²) in [6, 6.07) is 7.96. The minimum Gasteiger partial charge on any atom is -0.339 e. The van der Waals surface area contributed by atoms with Crippen molar-refractivity contribution >= 4 is 16.9 Å². The van der Waals surface area contributed by atoms with Crippen molar-refractivity contribution in [3.05, 3.63) is 52.7 Å². The molecule has 1 aliphatic carbocycles. The van der Waals surface area contributed by atoms with Gasteiger partial charge in [-0.05, 0) is 31.0 Å². The summed E-state index contributed by atoms with van der Waals surface area (Å²) in [6.45, 7) is 6.54. The van der Waals surface area contributed by atoms with Crippen molar-refractivity contribution in [2.45, 2.75) is 38.4 Å². The van der Waals surface area contributed by atoms with Crippen LogP contribution in [-0.2, 0) is 17.9 Å². The largest absolute Gasteiger partial charge is 0.339 e. The van der Waals surface area contributed by atoms with Crippen LogP contribution in [0.2, 0.25) is 0 Å². The zero-order valence-corrected chi connectivity index (χ0v) is 18.8. The van der Waals surface area contributed by atoms with Gasteiger partial charge in [0.2, 0.25) is 5.91 Å². The highest BCUT2D eigenvalue weighted by molar-refractivity contribution is 5.80. The Labute approximate surface area is 192 Å². The SMILES string of the molecule is O=C(CN1CCn2c(cc3cc(-n4ncccc4=O)cnc32)C1)N1CCN(C2CCC2)CC1. The Kier molecular flexibility index (Phi) is 5.22. The van der Waals surface area contributed by atoms with Crippen molar-refractivity contribution in [1.82, 2.24) is 34.0 Å². The lowest BCUT2D eigenvalue weighted by Crippen LogP contribution is -2.55. The average molecular weight is 448 g/mol. The van der Waals surface area contributed by atoms with Gasteiger partial charge in [-0.3, -0.25) is 19.4 Å². The molecule has 0 aromatic carbocycles. The van der Waals surface area contributed by atoms with Gasteiger partial charge in [-0.1, -0.05) is 6.42 Å². The summed E-state index contributed by atoms with van der Waals surface area (Å²) in [5.74, 6) is 0.239. The Bertz CT molecular complexity index is 1240. The van der Waals surface area contributed by atoms with E-state index in [2.05, 4.69) is 30.5 Å². The van der Waals surface area contributed by atoms with Gasteiger partial charge in [-0.25, -0.2) is 4.98 Å². The van der Waals surface area contributed by atoms with Crippen molar-refractivity contribution in [2.24, 2.45) is 0 Å². The molecule has 0 N–H and O–H groups in total. The Morgan fingerprint density at radius 1 is 1.06 bits per heavy atom. The van der Waals surface area contributed by atoms with Crippen molar-refractivity contribution in [1.29, 1.82) is 0 Å². The standard InChI is InChI=1S/C24H29N7O2/c32-22-5-2-6-26-31(22)20-13-18-14-21-16-27(7-12-30(21)24(18)25-15-20)17-23(33)29-10-8-28(9-11-29)19-3-1-4-19/h2,5-6,13-15,19H,1,3-4,7-12,16-17H2. The Hall–Kier alpha value is -3.04. The van der Waals surface area contributed by atoms with Crippen LogP contribution in [0.15, 0.2) is 41.5 Å². The first-order valence-corrected chi connectivity index (χ1v) is 11.9. The van der Waals surface area contributed by atoms with Crippen LogP contribution in [0.4, 0.5) is 0 Å². The molecular formula is C24H29N7O2. The summed E-state index contributed by atoms with van der Waals surface area (Å²) in [6.07, 6.45) is 7.30. The highest BCUT2D eigenvalue weighted by Gasteiger charge is 2.30. The number of nitrogens with zero attached hydrogens (tertiary/aromatic N) is 7. The first-order valence-electron chi connectivity index (χ1n) is 11.9. The zero-order valence-electron chi connectivity index (χ0n) is 18.8. The van der Waals surface area contributed by atoms with Gasteiger partial charge in [0.15, 0.2) is 0 Å². The van der Waals surface area contributed by atoms with Crippen LogP contribution in [-0.4, -0.2) is 85.2 Å². The molecule has 9 nitrogen and oxygen atoms in total. The van der Waals surface area contributed by atoms with Crippen LogP contribution < -0.4 is 5.56 Å². The minimum absolute atomic E-state index is 0.180. The quantitative estimate of drug-likeness (QED) is 0.596. The van der Waals surface area contributed by atoms with Crippen molar-refractivity contribution < 1.29 is 4.79 Å². The third-order valence-electron chi connectivity index (χ3n) is 7.41. The summed E-state index contributed by atoms with van der Waals surface area (Å²) in [5.41, 5.74) is 2.54. The second kappa shape index (κ2) is 8.39. The molecule has 1 saturated heterocycles. The predicted molar refractivity (Wildman–Crippen MR) is 124 cm³/mol. The number of hydrogen-bond donors (Lipinski definition) is 0. The number of rotatable bonds is 4. The lowest BCUT2D eigenvalue weighted by molar-refractivity contribution is -0.135. The third-order valence-corrected chi connectivity index (χ3v) is 7.41. The summed E-state index contributed by atoms with van der Waals surface area (Å²) < 4.78 is 3.58. The van der Waals surface area contributed by atoms with E-state index in [1.807, 2.05) is 11.0 Å². The molecule has 1 amide bonds. The molecule has 172 valence electrons. The fourth-order valence-corrected chi connectivity index (χ4v) is 5.30. The van der Waals surface area contributed by atoms with E-state index in [1.54, 1.807) is 18.5 Å². The number of pyridine rings is 1. The van der Waals surface area contributed by atoms with Crippen molar-refractivity contribution in [3.8, 4) is 5.69 Å². The topological polar surface area (TPSA) is 79.5 Å². The van der Waals surface area contributed by atoms with Crippen LogP contribution in [0.1, 0.15) is 25.0 Å². The maximum atomic E-state index is 13.0. The Morgan fingerprint density at radius 2 is 1.91 bits per heavy atom. The fraction of sp³-hybridized carbons (Fsp3) is 0.500. The van der Waals surface area contributed by atoms with Gasteiger partial charge in [0, 0.05) is 75.2 Å². The number of piperazine rings is 1. The van der Waals surface area contributed by atoms with Crippen LogP contribution >= 0.6 is 0 Å². The molecule has 1 saturated carbocycles. The molecule has 0 radical (unpaired) electrons. The van der Waals surface area contributed by atoms with E-state index in [4.69, 9.17) is 0 Å². The van der Waals surface area contributed by atoms with E-state index < -0.39 is 0 Å². The van der Waals surface area contributed by atoms with Crippen molar-refractivity contribution in [3.63, 3.8) is 0 Å². The maximum Gasteiger partial charge on any atom is 0.271 e. The van der Waals surface area contributed by atoms with Gasteiger partial charge < -0.3 is 9.47 Å². The molecule has 0 spiro atoms. The monoisotopic (exact) mass is 447 g/mol. The number of hydrogen-bond acceptors (Lipinski definition) is 6. The summed E-state index contributed by atoms with van der Waals surface area (Å²) in [4.78, 5) is 36.5. The highest BCUT2D eigenvalue weighted by atomic mass is 16.2. The molecule has 33 heavy (non-hydrogen) atoms.